The molecule has 0 bridgehead atoms. The molecule has 2 saturated heterocycles. The van der Waals surface area contributed by atoms with Gasteiger partial charge in [-0.05, 0) is 37.3 Å². The number of hydrogen-bond acceptors (Lipinski definition) is 2. The Morgan fingerprint density at radius 1 is 1.18 bits per heavy atom. The van der Waals surface area contributed by atoms with Crippen LogP contribution in [0.3, 0.4) is 0 Å². The van der Waals surface area contributed by atoms with E-state index in [1.54, 1.807) is 0 Å². The molecule has 2 heteroatoms. The van der Waals surface area contributed by atoms with E-state index in [0.717, 1.165) is 32.4 Å². The van der Waals surface area contributed by atoms with E-state index in [1.165, 1.54) is 12.0 Å². The Hall–Kier alpha value is -1.15. The second-order valence-corrected chi connectivity index (χ2v) is 5.35. The van der Waals surface area contributed by atoms with E-state index in [4.69, 9.17) is 0 Å². The Balaban J connectivity index is 1.64. The minimum Gasteiger partial charge on any atom is -0.298 e. The van der Waals surface area contributed by atoms with Gasteiger partial charge in [0.25, 0.3) is 0 Å². The van der Waals surface area contributed by atoms with Gasteiger partial charge in [-0.25, -0.2) is 0 Å². The molecule has 1 aromatic rings. The fourth-order valence-electron chi connectivity index (χ4n) is 3.24. The Morgan fingerprint density at radius 2 is 2.00 bits per heavy atom. The summed E-state index contributed by atoms with van der Waals surface area (Å²) in [6.45, 7) is 2.12. The molecule has 17 heavy (non-hydrogen) atoms. The SMILES string of the molecule is O=C1CCN2CCC(Cc3ccccc3)CC12. The molecule has 0 aliphatic carbocycles. The molecule has 1 aromatic carbocycles. The van der Waals surface area contributed by atoms with E-state index in [9.17, 15) is 4.79 Å². The molecule has 0 radical (unpaired) electrons. The first-order valence-corrected chi connectivity index (χ1v) is 6.63. The third kappa shape index (κ3) is 2.27. The standard InChI is InChI=1S/C15H19NO/c17-15-7-9-16-8-6-13(11-14(15)16)10-12-4-2-1-3-5-12/h1-5,13-14H,6-11H2. The number of nitrogens with zero attached hydrogens (tertiary/aromatic N) is 1. The van der Waals surface area contributed by atoms with Gasteiger partial charge in [0.2, 0.25) is 0 Å². The molecule has 2 unspecified atom stereocenters. The van der Waals surface area contributed by atoms with Gasteiger partial charge in [0.15, 0.2) is 5.78 Å². The summed E-state index contributed by atoms with van der Waals surface area (Å²) in [4.78, 5) is 14.1. The number of rotatable bonds is 2. The largest absolute Gasteiger partial charge is 0.298 e. The number of fused-ring (bicyclic) bond motifs is 1. The number of hydrogen-bond donors (Lipinski definition) is 0. The Bertz CT molecular complexity index is 401. The molecule has 0 saturated carbocycles. The summed E-state index contributed by atoms with van der Waals surface area (Å²) in [6.07, 6.45) is 4.24. The van der Waals surface area contributed by atoms with Gasteiger partial charge in [0.1, 0.15) is 0 Å². The molecular formula is C15H19NO. The number of piperidine rings is 1. The van der Waals surface area contributed by atoms with Crippen LogP contribution in [0.1, 0.15) is 24.8 Å². The third-order valence-electron chi connectivity index (χ3n) is 4.21. The van der Waals surface area contributed by atoms with Crippen LogP contribution >= 0.6 is 0 Å². The first-order valence-electron chi connectivity index (χ1n) is 6.63. The van der Waals surface area contributed by atoms with Crippen LogP contribution in [0.2, 0.25) is 0 Å². The number of ketones is 1. The summed E-state index contributed by atoms with van der Waals surface area (Å²) >= 11 is 0. The van der Waals surface area contributed by atoms with E-state index in [1.807, 2.05) is 0 Å². The smallest absolute Gasteiger partial charge is 0.151 e. The monoisotopic (exact) mass is 229 g/mol. The molecule has 2 aliphatic heterocycles. The molecule has 0 N–H and O–H groups in total. The zero-order valence-electron chi connectivity index (χ0n) is 10.1. The lowest BCUT2D eigenvalue weighted by Gasteiger charge is -2.33. The van der Waals surface area contributed by atoms with Gasteiger partial charge in [-0.3, -0.25) is 9.69 Å². The predicted molar refractivity (Wildman–Crippen MR) is 67.9 cm³/mol. The van der Waals surface area contributed by atoms with Gasteiger partial charge >= 0.3 is 0 Å². The van der Waals surface area contributed by atoms with E-state index in [-0.39, 0.29) is 6.04 Å². The molecule has 90 valence electrons. The first-order chi connectivity index (χ1) is 8.33. The maximum absolute atomic E-state index is 11.8. The Morgan fingerprint density at radius 3 is 2.82 bits per heavy atom. The summed E-state index contributed by atoms with van der Waals surface area (Å²) in [7, 11) is 0. The fourth-order valence-corrected chi connectivity index (χ4v) is 3.24. The molecule has 3 rings (SSSR count). The van der Waals surface area contributed by atoms with Gasteiger partial charge < -0.3 is 0 Å². The molecule has 2 nitrogen and oxygen atoms in total. The van der Waals surface area contributed by atoms with Crippen molar-refractivity contribution in [2.45, 2.75) is 31.7 Å². The summed E-state index contributed by atoms with van der Waals surface area (Å²) in [6, 6.07) is 10.9. The van der Waals surface area contributed by atoms with Crippen LogP contribution in [0.25, 0.3) is 0 Å². The molecule has 2 aliphatic rings. The molecule has 0 amide bonds. The zero-order valence-corrected chi connectivity index (χ0v) is 10.1. The zero-order chi connectivity index (χ0) is 11.7. The normalized spacial score (nSPS) is 29.3. The molecule has 0 spiro atoms. The average Bonchev–Trinajstić information content (AvgIpc) is 2.73. The Labute approximate surface area is 103 Å². The number of benzene rings is 1. The molecule has 2 heterocycles. The van der Waals surface area contributed by atoms with Gasteiger partial charge in [-0.2, -0.15) is 0 Å². The summed E-state index contributed by atoms with van der Waals surface area (Å²) in [5.74, 6) is 1.17. The first kappa shape index (κ1) is 11.0. The van der Waals surface area contributed by atoms with Crippen molar-refractivity contribution in [3.8, 4) is 0 Å². The van der Waals surface area contributed by atoms with Gasteiger partial charge in [0, 0.05) is 13.0 Å². The highest BCUT2D eigenvalue weighted by atomic mass is 16.1. The van der Waals surface area contributed by atoms with E-state index in [2.05, 4.69) is 35.2 Å². The van der Waals surface area contributed by atoms with Crippen molar-refractivity contribution in [2.24, 2.45) is 5.92 Å². The lowest BCUT2D eigenvalue weighted by atomic mass is 9.86. The van der Waals surface area contributed by atoms with Crippen molar-refractivity contribution in [3.05, 3.63) is 35.9 Å². The van der Waals surface area contributed by atoms with Crippen molar-refractivity contribution in [1.29, 1.82) is 0 Å². The van der Waals surface area contributed by atoms with Crippen molar-refractivity contribution < 1.29 is 4.79 Å². The molecule has 2 atom stereocenters. The summed E-state index contributed by atoms with van der Waals surface area (Å²) in [5.41, 5.74) is 1.41. The van der Waals surface area contributed by atoms with Crippen LogP contribution in [0, 0.1) is 5.92 Å². The number of carbonyl (C=O) groups is 1. The van der Waals surface area contributed by atoms with Crippen molar-refractivity contribution in [1.82, 2.24) is 4.90 Å². The third-order valence-corrected chi connectivity index (χ3v) is 4.21. The van der Waals surface area contributed by atoms with Crippen molar-refractivity contribution >= 4 is 5.78 Å². The highest BCUT2D eigenvalue weighted by Crippen LogP contribution is 2.30. The topological polar surface area (TPSA) is 20.3 Å². The van der Waals surface area contributed by atoms with Crippen LogP contribution in [-0.4, -0.2) is 29.8 Å². The highest BCUT2D eigenvalue weighted by Gasteiger charge is 2.37. The second-order valence-electron chi connectivity index (χ2n) is 5.35. The van der Waals surface area contributed by atoms with Gasteiger partial charge in [-0.1, -0.05) is 30.3 Å². The lowest BCUT2D eigenvalue weighted by molar-refractivity contribution is -0.121. The Kier molecular flexibility index (Phi) is 2.98. The minimum absolute atomic E-state index is 0.248. The van der Waals surface area contributed by atoms with Gasteiger partial charge in [0.05, 0.1) is 6.04 Å². The second kappa shape index (κ2) is 4.61. The van der Waals surface area contributed by atoms with Crippen LogP contribution in [-0.2, 0) is 11.2 Å². The highest BCUT2D eigenvalue weighted by molar-refractivity contribution is 5.86. The van der Waals surface area contributed by atoms with E-state index >= 15 is 0 Å². The summed E-state index contributed by atoms with van der Waals surface area (Å²) < 4.78 is 0. The molecular weight excluding hydrogens is 210 g/mol. The van der Waals surface area contributed by atoms with Crippen molar-refractivity contribution in [3.63, 3.8) is 0 Å². The average molecular weight is 229 g/mol. The van der Waals surface area contributed by atoms with Crippen LogP contribution in [0.4, 0.5) is 0 Å². The maximum atomic E-state index is 11.8. The van der Waals surface area contributed by atoms with Gasteiger partial charge in [-0.15, -0.1) is 0 Å². The van der Waals surface area contributed by atoms with Crippen LogP contribution < -0.4 is 0 Å². The van der Waals surface area contributed by atoms with Crippen LogP contribution in [0.15, 0.2) is 30.3 Å². The van der Waals surface area contributed by atoms with E-state index in [0.29, 0.717) is 11.7 Å². The maximum Gasteiger partial charge on any atom is 0.151 e. The number of carbonyl (C=O) groups excluding carboxylic acids is 1. The van der Waals surface area contributed by atoms with Crippen LogP contribution in [0.5, 0.6) is 0 Å². The van der Waals surface area contributed by atoms with E-state index < -0.39 is 0 Å². The molecule has 0 aromatic heterocycles. The fraction of sp³-hybridized carbons (Fsp3) is 0.533. The lowest BCUT2D eigenvalue weighted by Crippen LogP contribution is -2.41. The minimum atomic E-state index is 0.248. The predicted octanol–water partition coefficient (Wildman–Crippen LogP) is 2.28. The quantitative estimate of drug-likeness (QED) is 0.775. The molecule has 2 fully saturated rings. The summed E-state index contributed by atoms with van der Waals surface area (Å²) in [5, 5.41) is 0. The van der Waals surface area contributed by atoms with Crippen molar-refractivity contribution in [2.75, 3.05) is 13.1 Å². The number of Topliss-reactive ketones (excluding diaryl/α,β-unsaturated/α-hetero) is 1.